The largest absolute Gasteiger partial charge is 0.478 e. The van der Waals surface area contributed by atoms with Crippen molar-refractivity contribution in [3.63, 3.8) is 0 Å². The maximum Gasteiger partial charge on any atom is 0.335 e. The van der Waals surface area contributed by atoms with E-state index in [2.05, 4.69) is 6.58 Å². The summed E-state index contributed by atoms with van der Waals surface area (Å²) in [4.78, 5) is 10.7. The highest BCUT2D eigenvalue weighted by Crippen LogP contribution is 2.21. The molecule has 0 aliphatic heterocycles. The number of hydrogen-bond acceptors (Lipinski definition) is 2. The summed E-state index contributed by atoms with van der Waals surface area (Å²) in [5.41, 5.74) is 1.33. The van der Waals surface area contributed by atoms with Crippen LogP contribution in [-0.4, -0.2) is 11.1 Å². The minimum absolute atomic E-state index is 0.0440. The Morgan fingerprint density at radius 1 is 1.67 bits per heavy atom. The fraction of sp³-hybridized carbons (Fsp3) is 0.167. The van der Waals surface area contributed by atoms with Crippen molar-refractivity contribution in [2.45, 2.75) is 12.8 Å². The maximum absolute atomic E-state index is 10.7. The molecule has 0 saturated heterocycles. The Bertz CT molecular complexity index is 443. The second kappa shape index (κ2) is 4.43. The minimum atomic E-state index is -1.02. The van der Waals surface area contributed by atoms with Gasteiger partial charge in [-0.3, -0.25) is 0 Å². The zero-order valence-electron chi connectivity index (χ0n) is 8.40. The Morgan fingerprint density at radius 2 is 2.33 bits per heavy atom. The fourth-order valence-electron chi connectivity index (χ4n) is 1.31. The quantitative estimate of drug-likeness (QED) is 0.764. The summed E-state index contributed by atoms with van der Waals surface area (Å²) in [7, 11) is 0. The Balaban J connectivity index is 3.28. The summed E-state index contributed by atoms with van der Waals surface area (Å²) >= 11 is 0. The second-order valence-electron chi connectivity index (χ2n) is 3.24. The topological polar surface area (TPSA) is 61.1 Å². The smallest absolute Gasteiger partial charge is 0.335 e. The molecule has 0 bridgehead atoms. The summed E-state index contributed by atoms with van der Waals surface area (Å²) < 4.78 is 0. The van der Waals surface area contributed by atoms with Crippen molar-refractivity contribution in [3.8, 4) is 6.07 Å². The summed E-state index contributed by atoms with van der Waals surface area (Å²) in [6.45, 7) is 5.55. The molecule has 1 unspecified atom stereocenters. The van der Waals surface area contributed by atoms with Crippen molar-refractivity contribution in [2.75, 3.05) is 0 Å². The summed E-state index contributed by atoms with van der Waals surface area (Å²) in [5, 5.41) is 17.7. The highest BCUT2D eigenvalue weighted by atomic mass is 16.4. The van der Waals surface area contributed by atoms with Crippen molar-refractivity contribution in [1.29, 1.82) is 5.26 Å². The van der Waals surface area contributed by atoms with E-state index in [1.54, 1.807) is 12.1 Å². The van der Waals surface area contributed by atoms with Crippen LogP contribution in [0.2, 0.25) is 0 Å². The standard InChI is InChI=1S/C12H11NO2/c1-3-8(2)11-5-4-9(12(14)15)6-10(11)7-13/h3-6,8H,1H2,2H3,(H,14,15). The number of nitrogens with zero attached hydrogens (tertiary/aromatic N) is 1. The normalized spacial score (nSPS) is 11.5. The van der Waals surface area contributed by atoms with Gasteiger partial charge < -0.3 is 5.11 Å². The fourth-order valence-corrected chi connectivity index (χ4v) is 1.31. The third-order valence-electron chi connectivity index (χ3n) is 2.26. The summed E-state index contributed by atoms with van der Waals surface area (Å²) in [6.07, 6.45) is 1.72. The lowest BCUT2D eigenvalue weighted by Crippen LogP contribution is -2.00. The zero-order valence-corrected chi connectivity index (χ0v) is 8.40. The molecule has 1 aromatic carbocycles. The predicted octanol–water partition coefficient (Wildman–Crippen LogP) is 2.55. The summed E-state index contributed by atoms with van der Waals surface area (Å²) in [6, 6.07) is 6.54. The molecule has 1 atom stereocenters. The van der Waals surface area contributed by atoms with Gasteiger partial charge in [0.05, 0.1) is 17.2 Å². The molecule has 0 fully saturated rings. The molecule has 1 N–H and O–H groups in total. The molecule has 0 aliphatic carbocycles. The Labute approximate surface area is 88.3 Å². The van der Waals surface area contributed by atoms with Crippen LogP contribution in [0.25, 0.3) is 0 Å². The number of allylic oxidation sites excluding steroid dienone is 1. The highest BCUT2D eigenvalue weighted by Gasteiger charge is 2.11. The van der Waals surface area contributed by atoms with Crippen LogP contribution >= 0.6 is 0 Å². The molecular weight excluding hydrogens is 190 g/mol. The first-order valence-corrected chi connectivity index (χ1v) is 4.50. The number of carboxylic acid groups (broad SMARTS) is 1. The predicted molar refractivity (Wildman–Crippen MR) is 56.7 cm³/mol. The van der Waals surface area contributed by atoms with Crippen molar-refractivity contribution >= 4 is 5.97 Å². The molecule has 0 saturated carbocycles. The lowest BCUT2D eigenvalue weighted by molar-refractivity contribution is 0.0697. The van der Waals surface area contributed by atoms with E-state index in [1.807, 2.05) is 13.0 Å². The maximum atomic E-state index is 10.7. The molecule has 1 aromatic rings. The lowest BCUT2D eigenvalue weighted by atomic mass is 9.95. The number of nitriles is 1. The van der Waals surface area contributed by atoms with Crippen LogP contribution in [-0.2, 0) is 0 Å². The number of benzene rings is 1. The van der Waals surface area contributed by atoms with Gasteiger partial charge in [-0.05, 0) is 17.7 Å². The van der Waals surface area contributed by atoms with E-state index in [0.717, 1.165) is 5.56 Å². The van der Waals surface area contributed by atoms with Crippen molar-refractivity contribution in [1.82, 2.24) is 0 Å². The van der Waals surface area contributed by atoms with Gasteiger partial charge in [-0.25, -0.2) is 4.79 Å². The van der Waals surface area contributed by atoms with E-state index in [0.29, 0.717) is 5.56 Å². The summed E-state index contributed by atoms with van der Waals surface area (Å²) in [5.74, 6) is -0.980. The van der Waals surface area contributed by atoms with E-state index >= 15 is 0 Å². The minimum Gasteiger partial charge on any atom is -0.478 e. The van der Waals surface area contributed by atoms with Crippen LogP contribution in [0, 0.1) is 11.3 Å². The second-order valence-corrected chi connectivity index (χ2v) is 3.24. The van der Waals surface area contributed by atoms with Crippen molar-refractivity contribution in [3.05, 3.63) is 47.5 Å². The van der Waals surface area contributed by atoms with Gasteiger partial charge in [-0.1, -0.05) is 19.1 Å². The number of carbonyl (C=O) groups is 1. The molecule has 0 radical (unpaired) electrons. The molecular formula is C12H11NO2. The van der Waals surface area contributed by atoms with Gasteiger partial charge in [0, 0.05) is 5.92 Å². The molecule has 0 aliphatic rings. The molecule has 76 valence electrons. The van der Waals surface area contributed by atoms with Crippen molar-refractivity contribution in [2.24, 2.45) is 0 Å². The molecule has 0 aromatic heterocycles. The number of hydrogen-bond donors (Lipinski definition) is 1. The third-order valence-corrected chi connectivity index (χ3v) is 2.26. The lowest BCUT2D eigenvalue weighted by Gasteiger charge is -2.08. The SMILES string of the molecule is C=CC(C)c1ccc(C(=O)O)cc1C#N. The first kappa shape index (κ1) is 11.0. The Morgan fingerprint density at radius 3 is 2.80 bits per heavy atom. The van der Waals surface area contributed by atoms with E-state index in [9.17, 15) is 4.79 Å². The number of rotatable bonds is 3. The Kier molecular flexibility index (Phi) is 3.25. The van der Waals surface area contributed by atoms with Crippen LogP contribution in [0.3, 0.4) is 0 Å². The number of aromatic carboxylic acids is 1. The Hall–Kier alpha value is -2.08. The van der Waals surface area contributed by atoms with Crippen LogP contribution in [0.4, 0.5) is 0 Å². The van der Waals surface area contributed by atoms with Gasteiger partial charge in [0.25, 0.3) is 0 Å². The van der Waals surface area contributed by atoms with E-state index in [4.69, 9.17) is 10.4 Å². The third kappa shape index (κ3) is 2.23. The van der Waals surface area contributed by atoms with Crippen molar-refractivity contribution < 1.29 is 9.90 Å². The van der Waals surface area contributed by atoms with Crippen LogP contribution in [0.15, 0.2) is 30.9 Å². The average molecular weight is 201 g/mol. The van der Waals surface area contributed by atoms with Gasteiger partial charge in [-0.15, -0.1) is 6.58 Å². The van der Waals surface area contributed by atoms with E-state index in [-0.39, 0.29) is 11.5 Å². The van der Waals surface area contributed by atoms with Gasteiger partial charge >= 0.3 is 5.97 Å². The monoisotopic (exact) mass is 201 g/mol. The average Bonchev–Trinajstić information content (AvgIpc) is 2.27. The van der Waals surface area contributed by atoms with Gasteiger partial charge in [-0.2, -0.15) is 5.26 Å². The molecule has 0 spiro atoms. The molecule has 0 heterocycles. The highest BCUT2D eigenvalue weighted by molar-refractivity contribution is 5.88. The van der Waals surface area contributed by atoms with Gasteiger partial charge in [0.1, 0.15) is 0 Å². The molecule has 0 amide bonds. The van der Waals surface area contributed by atoms with Gasteiger partial charge in [0.15, 0.2) is 0 Å². The molecule has 1 rings (SSSR count). The van der Waals surface area contributed by atoms with Crippen LogP contribution < -0.4 is 0 Å². The molecule has 3 heteroatoms. The molecule has 15 heavy (non-hydrogen) atoms. The molecule has 3 nitrogen and oxygen atoms in total. The zero-order chi connectivity index (χ0) is 11.4. The number of carboxylic acids is 1. The van der Waals surface area contributed by atoms with E-state index < -0.39 is 5.97 Å². The van der Waals surface area contributed by atoms with Crippen LogP contribution in [0.5, 0.6) is 0 Å². The van der Waals surface area contributed by atoms with Gasteiger partial charge in [0.2, 0.25) is 0 Å². The first-order valence-electron chi connectivity index (χ1n) is 4.50. The first-order chi connectivity index (χ1) is 7.10. The van der Waals surface area contributed by atoms with E-state index in [1.165, 1.54) is 12.1 Å². The van der Waals surface area contributed by atoms with Crippen LogP contribution in [0.1, 0.15) is 34.3 Å².